The van der Waals surface area contributed by atoms with Crippen molar-refractivity contribution >= 4 is 17.9 Å². The smallest absolute Gasteiger partial charge is 0.257 e. The van der Waals surface area contributed by atoms with Crippen LogP contribution in [0.25, 0.3) is 0 Å². The maximum absolute atomic E-state index is 14.4. The Balaban J connectivity index is 1.74. The molecular formula is C21H20F5NO2S. The summed E-state index contributed by atoms with van der Waals surface area (Å²) in [6.45, 7) is 0.180. The van der Waals surface area contributed by atoms with Gasteiger partial charge < -0.3 is 9.50 Å². The Morgan fingerprint density at radius 2 is 1.47 bits per heavy atom. The van der Waals surface area contributed by atoms with E-state index in [4.69, 9.17) is 4.18 Å². The second kappa shape index (κ2) is 10.1. The van der Waals surface area contributed by atoms with Crippen molar-refractivity contribution < 1.29 is 30.9 Å². The number of carbonyl (C=O) groups is 1. The van der Waals surface area contributed by atoms with E-state index in [1.807, 2.05) is 0 Å². The van der Waals surface area contributed by atoms with Crippen LogP contribution in [0.4, 0.5) is 22.0 Å². The minimum atomic E-state index is -1.83. The predicted octanol–water partition coefficient (Wildman–Crippen LogP) is 6.17. The molecular weight excluding hydrogens is 425 g/mol. The van der Waals surface area contributed by atoms with E-state index in [2.05, 4.69) is 5.32 Å². The molecule has 0 atom stereocenters. The molecule has 30 heavy (non-hydrogen) atoms. The van der Waals surface area contributed by atoms with E-state index in [0.717, 1.165) is 50.7 Å². The van der Waals surface area contributed by atoms with Crippen molar-refractivity contribution in [2.75, 3.05) is 6.54 Å². The van der Waals surface area contributed by atoms with Crippen LogP contribution in [0.15, 0.2) is 29.2 Å². The van der Waals surface area contributed by atoms with Gasteiger partial charge in [-0.05, 0) is 43.0 Å². The van der Waals surface area contributed by atoms with Gasteiger partial charge in [-0.2, -0.15) is 8.78 Å². The summed E-state index contributed by atoms with van der Waals surface area (Å²) in [5.74, 6) is -10.2. The van der Waals surface area contributed by atoms with Gasteiger partial charge in [0.05, 0.1) is 12.0 Å². The normalized spacial score (nSPS) is 15.0. The van der Waals surface area contributed by atoms with Gasteiger partial charge in [-0.15, -0.1) is 0 Å². The summed E-state index contributed by atoms with van der Waals surface area (Å²) in [5.41, 5.74) is -1.32. The van der Waals surface area contributed by atoms with Gasteiger partial charge in [-0.3, -0.25) is 4.79 Å². The fourth-order valence-corrected chi connectivity index (χ4v) is 3.93. The number of amides is 1. The van der Waals surface area contributed by atoms with Gasteiger partial charge in [-0.25, -0.2) is 13.2 Å². The molecule has 0 spiro atoms. The predicted molar refractivity (Wildman–Crippen MR) is 103 cm³/mol. The number of nitrogens with one attached hydrogen (secondary N) is 1. The largest absolute Gasteiger partial charge is 0.414 e. The average molecular weight is 445 g/mol. The van der Waals surface area contributed by atoms with Crippen molar-refractivity contribution in [3.05, 3.63) is 58.9 Å². The molecule has 0 radical (unpaired) electrons. The topological polar surface area (TPSA) is 38.3 Å². The van der Waals surface area contributed by atoms with Crippen LogP contribution in [0, 0.1) is 35.0 Å². The van der Waals surface area contributed by atoms with Crippen molar-refractivity contribution in [1.29, 1.82) is 0 Å². The van der Waals surface area contributed by atoms with E-state index in [9.17, 15) is 26.7 Å². The highest BCUT2D eigenvalue weighted by atomic mass is 32.2. The molecule has 1 aliphatic carbocycles. The number of benzene rings is 2. The zero-order valence-corrected chi connectivity index (χ0v) is 16.8. The Bertz CT molecular complexity index is 870. The summed E-state index contributed by atoms with van der Waals surface area (Å²) in [4.78, 5) is 12.5. The molecule has 0 bridgehead atoms. The summed E-state index contributed by atoms with van der Waals surface area (Å²) in [5, 5.41) is 2.38. The molecule has 2 aromatic carbocycles. The maximum Gasteiger partial charge on any atom is 0.257 e. The monoisotopic (exact) mass is 445 g/mol. The zero-order chi connectivity index (χ0) is 21.7. The van der Waals surface area contributed by atoms with Gasteiger partial charge in [0.25, 0.3) is 5.91 Å². The van der Waals surface area contributed by atoms with Crippen molar-refractivity contribution in [1.82, 2.24) is 5.32 Å². The molecule has 3 nitrogen and oxygen atoms in total. The SMILES string of the molecule is O=C(NCC1CCCCCC1)c1c(F)c(F)c(OSc2ccc(F)cc2)c(F)c1F. The van der Waals surface area contributed by atoms with Crippen LogP contribution < -0.4 is 9.50 Å². The fourth-order valence-electron chi connectivity index (χ4n) is 3.36. The van der Waals surface area contributed by atoms with Gasteiger partial charge in [0, 0.05) is 11.4 Å². The van der Waals surface area contributed by atoms with Crippen LogP contribution >= 0.6 is 12.0 Å². The molecule has 0 aliphatic heterocycles. The summed E-state index contributed by atoms with van der Waals surface area (Å²) >= 11 is 0.393. The highest BCUT2D eigenvalue weighted by Crippen LogP contribution is 2.34. The van der Waals surface area contributed by atoms with Crippen molar-refractivity contribution in [2.24, 2.45) is 5.92 Å². The molecule has 1 fully saturated rings. The van der Waals surface area contributed by atoms with Crippen molar-refractivity contribution in [3.8, 4) is 5.75 Å². The molecule has 0 heterocycles. The minimum absolute atomic E-state index is 0.159. The molecule has 2 aromatic rings. The molecule has 0 saturated heterocycles. The van der Waals surface area contributed by atoms with Gasteiger partial charge in [0.15, 0.2) is 11.6 Å². The zero-order valence-electron chi connectivity index (χ0n) is 16.0. The Morgan fingerprint density at radius 3 is 2.03 bits per heavy atom. The number of hydrogen-bond donors (Lipinski definition) is 1. The van der Waals surface area contributed by atoms with E-state index < -0.39 is 46.3 Å². The molecule has 0 unspecified atom stereocenters. The summed E-state index contributed by atoms with van der Waals surface area (Å²) in [6.07, 6.45) is 5.96. The summed E-state index contributed by atoms with van der Waals surface area (Å²) in [7, 11) is 0. The van der Waals surface area contributed by atoms with Gasteiger partial charge in [0.2, 0.25) is 17.4 Å². The lowest BCUT2D eigenvalue weighted by molar-refractivity contribution is 0.0934. The molecule has 3 rings (SSSR count). The summed E-state index contributed by atoms with van der Waals surface area (Å²) in [6, 6.07) is 4.69. The van der Waals surface area contributed by atoms with E-state index in [0.29, 0.717) is 12.0 Å². The first-order valence-electron chi connectivity index (χ1n) is 9.62. The van der Waals surface area contributed by atoms with Crippen LogP contribution in [-0.4, -0.2) is 12.5 Å². The van der Waals surface area contributed by atoms with E-state index in [-0.39, 0.29) is 17.4 Å². The second-order valence-corrected chi connectivity index (χ2v) is 7.95. The van der Waals surface area contributed by atoms with E-state index in [1.54, 1.807) is 0 Å². The first-order chi connectivity index (χ1) is 14.4. The average Bonchev–Trinajstić information content (AvgIpc) is 3.01. The lowest BCUT2D eigenvalue weighted by Gasteiger charge is -2.16. The van der Waals surface area contributed by atoms with E-state index >= 15 is 0 Å². The van der Waals surface area contributed by atoms with Gasteiger partial charge in [-0.1, -0.05) is 25.7 Å². The highest BCUT2D eigenvalue weighted by Gasteiger charge is 2.31. The Kier molecular flexibility index (Phi) is 7.58. The highest BCUT2D eigenvalue weighted by molar-refractivity contribution is 7.95. The van der Waals surface area contributed by atoms with Gasteiger partial charge in [0.1, 0.15) is 11.4 Å². The first-order valence-corrected chi connectivity index (χ1v) is 10.4. The first kappa shape index (κ1) is 22.4. The molecule has 0 aromatic heterocycles. The maximum atomic E-state index is 14.4. The number of halogens is 5. The quantitative estimate of drug-likeness (QED) is 0.250. The van der Waals surface area contributed by atoms with Crippen LogP contribution in [0.5, 0.6) is 5.75 Å². The number of rotatable bonds is 6. The Hall–Kier alpha value is -2.29. The lowest BCUT2D eigenvalue weighted by Crippen LogP contribution is -2.31. The summed E-state index contributed by atoms with van der Waals surface area (Å²) < 4.78 is 75.1. The molecule has 9 heteroatoms. The lowest BCUT2D eigenvalue weighted by atomic mass is 10.0. The Morgan fingerprint density at radius 1 is 0.900 bits per heavy atom. The fraction of sp³-hybridized carbons (Fsp3) is 0.381. The molecule has 1 saturated carbocycles. The Labute approximate surface area is 175 Å². The van der Waals surface area contributed by atoms with E-state index in [1.165, 1.54) is 12.1 Å². The third kappa shape index (κ3) is 5.24. The third-order valence-electron chi connectivity index (χ3n) is 5.01. The van der Waals surface area contributed by atoms with Crippen molar-refractivity contribution in [3.63, 3.8) is 0 Å². The third-order valence-corrected chi connectivity index (χ3v) is 5.73. The molecule has 1 N–H and O–H groups in total. The second-order valence-electron chi connectivity index (χ2n) is 7.15. The van der Waals surface area contributed by atoms with Crippen LogP contribution in [-0.2, 0) is 0 Å². The van der Waals surface area contributed by atoms with Crippen LogP contribution in [0.1, 0.15) is 48.9 Å². The molecule has 1 amide bonds. The van der Waals surface area contributed by atoms with Crippen LogP contribution in [0.2, 0.25) is 0 Å². The minimum Gasteiger partial charge on any atom is -0.414 e. The number of carbonyl (C=O) groups excluding carboxylic acids is 1. The molecule has 1 aliphatic rings. The van der Waals surface area contributed by atoms with Crippen LogP contribution in [0.3, 0.4) is 0 Å². The molecule has 162 valence electrons. The number of hydrogen-bond acceptors (Lipinski definition) is 3. The standard InChI is InChI=1S/C21H20F5NO2S/c22-13-7-9-14(10-8-13)30-29-20-18(25)16(23)15(17(24)19(20)26)21(28)27-11-12-5-3-1-2-4-6-12/h7-10,12H,1-6,11H2,(H,27,28). The van der Waals surface area contributed by atoms with Gasteiger partial charge >= 0.3 is 0 Å². The van der Waals surface area contributed by atoms with Crippen molar-refractivity contribution in [2.45, 2.75) is 43.4 Å².